The fraction of sp³-hybridized carbons (Fsp3) is 0.625. The molecule has 0 aliphatic heterocycles. The van der Waals surface area contributed by atoms with Crippen molar-refractivity contribution in [1.29, 1.82) is 0 Å². The van der Waals surface area contributed by atoms with Crippen molar-refractivity contribution in [2.75, 3.05) is 27.6 Å². The van der Waals surface area contributed by atoms with Crippen LogP contribution in [-0.2, 0) is 6.54 Å². The Balaban J connectivity index is 2.03. The summed E-state index contributed by atoms with van der Waals surface area (Å²) in [6, 6.07) is 4.63. The van der Waals surface area contributed by atoms with Crippen LogP contribution in [0.1, 0.15) is 24.8 Å². The van der Waals surface area contributed by atoms with Gasteiger partial charge in [0.05, 0.1) is 21.3 Å². The predicted octanol–water partition coefficient (Wildman–Crippen LogP) is 3.09. The van der Waals surface area contributed by atoms with Gasteiger partial charge in [0.1, 0.15) is 0 Å². The Hall–Kier alpha value is -1.07. The summed E-state index contributed by atoms with van der Waals surface area (Å²) >= 11 is 1.98. The van der Waals surface area contributed by atoms with Crippen LogP contribution < -0.4 is 19.5 Å². The lowest BCUT2D eigenvalue weighted by Gasteiger charge is -2.16. The quantitative estimate of drug-likeness (QED) is 0.838. The van der Waals surface area contributed by atoms with Gasteiger partial charge in [-0.1, -0.05) is 0 Å². The average molecular weight is 311 g/mol. The summed E-state index contributed by atoms with van der Waals surface area (Å²) in [5.74, 6) is 2.07. The van der Waals surface area contributed by atoms with E-state index in [-0.39, 0.29) is 0 Å². The van der Waals surface area contributed by atoms with E-state index in [0.717, 1.165) is 17.4 Å². The summed E-state index contributed by atoms with van der Waals surface area (Å²) in [6.07, 6.45) is 6.03. The summed E-state index contributed by atoms with van der Waals surface area (Å²) in [5.41, 5.74) is 1.15. The molecule has 1 aromatic rings. The van der Waals surface area contributed by atoms with Gasteiger partial charge in [-0.25, -0.2) is 0 Å². The molecule has 0 bridgehead atoms. The second kappa shape index (κ2) is 7.80. The summed E-state index contributed by atoms with van der Waals surface area (Å²) in [6.45, 7) is 0.822. The van der Waals surface area contributed by atoms with E-state index >= 15 is 0 Å². The molecule has 2 rings (SSSR count). The molecule has 21 heavy (non-hydrogen) atoms. The topological polar surface area (TPSA) is 39.7 Å². The van der Waals surface area contributed by atoms with Crippen molar-refractivity contribution in [2.45, 2.75) is 37.1 Å². The molecule has 1 aliphatic carbocycles. The minimum absolute atomic E-state index is 0.613. The highest BCUT2D eigenvalue weighted by Crippen LogP contribution is 2.38. The highest BCUT2D eigenvalue weighted by molar-refractivity contribution is 7.99. The zero-order valence-corrected chi connectivity index (χ0v) is 14.1. The van der Waals surface area contributed by atoms with Crippen LogP contribution in [0, 0.1) is 0 Å². The van der Waals surface area contributed by atoms with Crippen LogP contribution in [-0.4, -0.2) is 38.9 Å². The SMILES string of the molecule is COc1cc(CNC2CCC(SC)C2)cc(OC)c1OC. The van der Waals surface area contributed by atoms with E-state index in [4.69, 9.17) is 14.2 Å². The molecule has 2 unspecified atom stereocenters. The lowest BCUT2D eigenvalue weighted by atomic mass is 10.1. The molecule has 1 saturated carbocycles. The molecule has 118 valence electrons. The maximum absolute atomic E-state index is 5.39. The number of hydrogen-bond acceptors (Lipinski definition) is 5. The van der Waals surface area contributed by atoms with Crippen LogP contribution in [0.5, 0.6) is 17.2 Å². The molecule has 4 nitrogen and oxygen atoms in total. The summed E-state index contributed by atoms with van der Waals surface area (Å²) in [7, 11) is 4.92. The van der Waals surface area contributed by atoms with E-state index in [1.807, 2.05) is 23.9 Å². The Morgan fingerprint density at radius 3 is 2.24 bits per heavy atom. The molecule has 0 aromatic heterocycles. The Morgan fingerprint density at radius 1 is 1.10 bits per heavy atom. The normalized spacial score (nSPS) is 21.3. The number of rotatable bonds is 7. The molecule has 5 heteroatoms. The predicted molar refractivity (Wildman–Crippen MR) is 87.9 cm³/mol. The smallest absolute Gasteiger partial charge is 0.203 e. The Morgan fingerprint density at radius 2 is 1.76 bits per heavy atom. The minimum atomic E-state index is 0.613. The maximum Gasteiger partial charge on any atom is 0.203 e. The van der Waals surface area contributed by atoms with Gasteiger partial charge >= 0.3 is 0 Å². The summed E-state index contributed by atoms with van der Waals surface area (Å²) in [4.78, 5) is 0. The fourth-order valence-electron chi connectivity index (χ4n) is 2.84. The van der Waals surface area contributed by atoms with Crippen molar-refractivity contribution in [3.05, 3.63) is 17.7 Å². The molecular weight excluding hydrogens is 286 g/mol. The van der Waals surface area contributed by atoms with Crippen LogP contribution in [0.3, 0.4) is 0 Å². The Bertz CT molecular complexity index is 442. The molecular formula is C16H25NO3S. The third-order valence-electron chi connectivity index (χ3n) is 4.04. The van der Waals surface area contributed by atoms with Crippen LogP contribution in [0.15, 0.2) is 12.1 Å². The van der Waals surface area contributed by atoms with Crippen LogP contribution in [0.4, 0.5) is 0 Å². The zero-order valence-electron chi connectivity index (χ0n) is 13.3. The molecule has 1 aliphatic rings. The van der Waals surface area contributed by atoms with Crippen molar-refractivity contribution >= 4 is 11.8 Å². The summed E-state index contributed by atoms with van der Waals surface area (Å²) < 4.78 is 16.1. The second-order valence-corrected chi connectivity index (χ2v) is 6.42. The largest absolute Gasteiger partial charge is 0.493 e. The monoisotopic (exact) mass is 311 g/mol. The van der Waals surface area contributed by atoms with Gasteiger partial charge in [0.2, 0.25) is 5.75 Å². The molecule has 0 saturated heterocycles. The van der Waals surface area contributed by atoms with Crippen molar-refractivity contribution < 1.29 is 14.2 Å². The van der Waals surface area contributed by atoms with Crippen molar-refractivity contribution in [1.82, 2.24) is 5.32 Å². The highest BCUT2D eigenvalue weighted by Gasteiger charge is 2.23. The number of nitrogens with one attached hydrogen (secondary N) is 1. The van der Waals surface area contributed by atoms with E-state index in [9.17, 15) is 0 Å². The molecule has 1 aromatic carbocycles. The molecule has 0 radical (unpaired) electrons. The van der Waals surface area contributed by atoms with E-state index in [1.165, 1.54) is 19.3 Å². The minimum Gasteiger partial charge on any atom is -0.493 e. The first-order chi connectivity index (χ1) is 10.2. The molecule has 1 fully saturated rings. The second-order valence-electron chi connectivity index (χ2n) is 5.28. The number of benzene rings is 1. The van der Waals surface area contributed by atoms with Gasteiger partial charge in [-0.05, 0) is 43.2 Å². The first-order valence-corrected chi connectivity index (χ1v) is 8.55. The van der Waals surface area contributed by atoms with Gasteiger partial charge in [-0.3, -0.25) is 0 Å². The van der Waals surface area contributed by atoms with Gasteiger partial charge in [0, 0.05) is 17.8 Å². The van der Waals surface area contributed by atoms with E-state index in [2.05, 4.69) is 11.6 Å². The number of ether oxygens (including phenoxy) is 3. The third-order valence-corrected chi connectivity index (χ3v) is 5.13. The number of methoxy groups -OCH3 is 3. The molecule has 0 heterocycles. The van der Waals surface area contributed by atoms with Gasteiger partial charge in [0.15, 0.2) is 11.5 Å². The first kappa shape index (κ1) is 16.3. The first-order valence-electron chi connectivity index (χ1n) is 7.26. The molecule has 1 N–H and O–H groups in total. The van der Waals surface area contributed by atoms with Gasteiger partial charge in [-0.2, -0.15) is 11.8 Å². The van der Waals surface area contributed by atoms with Gasteiger partial charge in [0.25, 0.3) is 0 Å². The van der Waals surface area contributed by atoms with Crippen LogP contribution in [0.2, 0.25) is 0 Å². The number of hydrogen-bond donors (Lipinski definition) is 1. The van der Waals surface area contributed by atoms with E-state index in [0.29, 0.717) is 23.3 Å². The van der Waals surface area contributed by atoms with Crippen molar-refractivity contribution in [2.24, 2.45) is 0 Å². The van der Waals surface area contributed by atoms with Crippen molar-refractivity contribution in [3.63, 3.8) is 0 Å². The highest BCUT2D eigenvalue weighted by atomic mass is 32.2. The van der Waals surface area contributed by atoms with Gasteiger partial charge < -0.3 is 19.5 Å². The lowest BCUT2D eigenvalue weighted by molar-refractivity contribution is 0.323. The molecule has 2 atom stereocenters. The summed E-state index contributed by atoms with van der Waals surface area (Å²) in [5, 5.41) is 4.44. The van der Waals surface area contributed by atoms with E-state index in [1.54, 1.807) is 21.3 Å². The zero-order chi connectivity index (χ0) is 15.2. The maximum atomic E-state index is 5.39. The Kier molecular flexibility index (Phi) is 6.06. The average Bonchev–Trinajstić information content (AvgIpc) is 2.99. The van der Waals surface area contributed by atoms with Crippen LogP contribution >= 0.6 is 11.8 Å². The lowest BCUT2D eigenvalue weighted by Crippen LogP contribution is -2.26. The third kappa shape index (κ3) is 3.98. The number of thioether (sulfide) groups is 1. The van der Waals surface area contributed by atoms with E-state index < -0.39 is 0 Å². The molecule has 0 spiro atoms. The fourth-order valence-corrected chi connectivity index (χ4v) is 3.64. The van der Waals surface area contributed by atoms with Crippen molar-refractivity contribution in [3.8, 4) is 17.2 Å². The van der Waals surface area contributed by atoms with Crippen LogP contribution in [0.25, 0.3) is 0 Å². The Labute approximate surface area is 131 Å². The molecule has 0 amide bonds. The standard InChI is InChI=1S/C16H25NO3S/c1-18-14-7-11(8-15(19-2)16(14)20-3)10-17-12-5-6-13(9-12)21-4/h7-8,12-13,17H,5-6,9-10H2,1-4H3. The van der Waals surface area contributed by atoms with Gasteiger partial charge in [-0.15, -0.1) is 0 Å².